The SMILES string of the molecule is Cc1cc(C)cc(N=Cc2ccc([N+](=O)[O-])cc2)c1. The first-order chi connectivity index (χ1) is 9.04. The molecule has 0 unspecified atom stereocenters. The fraction of sp³-hybridized carbons (Fsp3) is 0.133. The second-order valence-electron chi connectivity index (χ2n) is 4.45. The van der Waals surface area contributed by atoms with Crippen LogP contribution in [0.25, 0.3) is 0 Å². The average Bonchev–Trinajstić information content (AvgIpc) is 2.36. The van der Waals surface area contributed by atoms with Crippen molar-refractivity contribution < 1.29 is 4.92 Å². The number of nitro groups is 1. The third-order valence-corrected chi connectivity index (χ3v) is 2.67. The number of hydrogen-bond donors (Lipinski definition) is 0. The minimum Gasteiger partial charge on any atom is -0.258 e. The summed E-state index contributed by atoms with van der Waals surface area (Å²) in [5.74, 6) is 0. The molecule has 0 saturated carbocycles. The first kappa shape index (κ1) is 13.0. The van der Waals surface area contributed by atoms with Crippen molar-refractivity contribution in [3.63, 3.8) is 0 Å². The van der Waals surface area contributed by atoms with E-state index in [4.69, 9.17) is 0 Å². The summed E-state index contributed by atoms with van der Waals surface area (Å²) in [7, 11) is 0. The number of aryl methyl sites for hydroxylation is 2. The van der Waals surface area contributed by atoms with Gasteiger partial charge in [-0.2, -0.15) is 0 Å². The minimum atomic E-state index is -0.412. The number of benzene rings is 2. The highest BCUT2D eigenvalue weighted by atomic mass is 16.6. The van der Waals surface area contributed by atoms with Gasteiger partial charge < -0.3 is 0 Å². The zero-order chi connectivity index (χ0) is 13.8. The van der Waals surface area contributed by atoms with E-state index in [2.05, 4.69) is 11.1 Å². The smallest absolute Gasteiger partial charge is 0.258 e. The first-order valence-corrected chi connectivity index (χ1v) is 5.91. The van der Waals surface area contributed by atoms with Gasteiger partial charge in [-0.1, -0.05) is 6.07 Å². The van der Waals surface area contributed by atoms with Gasteiger partial charge in [0.15, 0.2) is 0 Å². The summed E-state index contributed by atoms with van der Waals surface area (Å²) in [5.41, 5.74) is 4.14. The van der Waals surface area contributed by atoms with Crippen LogP contribution < -0.4 is 0 Å². The third-order valence-electron chi connectivity index (χ3n) is 2.67. The van der Waals surface area contributed by atoms with Gasteiger partial charge in [-0.05, 0) is 54.8 Å². The number of rotatable bonds is 3. The van der Waals surface area contributed by atoms with Gasteiger partial charge in [0.2, 0.25) is 0 Å². The molecule has 4 nitrogen and oxygen atoms in total. The molecule has 2 aromatic rings. The molecular formula is C15H14N2O2. The molecule has 0 spiro atoms. The van der Waals surface area contributed by atoms with Gasteiger partial charge in [0.1, 0.15) is 0 Å². The van der Waals surface area contributed by atoms with Gasteiger partial charge in [-0.15, -0.1) is 0 Å². The number of non-ortho nitro benzene ring substituents is 1. The van der Waals surface area contributed by atoms with Crippen molar-refractivity contribution in [2.45, 2.75) is 13.8 Å². The molecule has 0 saturated heterocycles. The lowest BCUT2D eigenvalue weighted by Crippen LogP contribution is -1.88. The summed E-state index contributed by atoms with van der Waals surface area (Å²) in [5, 5.41) is 10.5. The van der Waals surface area contributed by atoms with E-state index in [1.54, 1.807) is 18.3 Å². The zero-order valence-corrected chi connectivity index (χ0v) is 10.8. The second-order valence-corrected chi connectivity index (χ2v) is 4.45. The largest absolute Gasteiger partial charge is 0.269 e. The number of nitrogens with zero attached hydrogens (tertiary/aromatic N) is 2. The molecule has 0 atom stereocenters. The van der Waals surface area contributed by atoms with Gasteiger partial charge in [0, 0.05) is 18.3 Å². The minimum absolute atomic E-state index is 0.0866. The van der Waals surface area contributed by atoms with Crippen LogP contribution >= 0.6 is 0 Å². The monoisotopic (exact) mass is 254 g/mol. The first-order valence-electron chi connectivity index (χ1n) is 5.91. The Bertz CT molecular complexity index is 611. The fourth-order valence-corrected chi connectivity index (χ4v) is 1.86. The summed E-state index contributed by atoms with van der Waals surface area (Å²) < 4.78 is 0. The molecule has 96 valence electrons. The standard InChI is InChI=1S/C15H14N2O2/c1-11-7-12(2)9-14(8-11)16-10-13-3-5-15(6-4-13)17(18)19/h3-10H,1-2H3. The predicted molar refractivity (Wildman–Crippen MR) is 76.3 cm³/mol. The zero-order valence-electron chi connectivity index (χ0n) is 10.8. The van der Waals surface area contributed by atoms with Crippen LogP contribution in [0.5, 0.6) is 0 Å². The van der Waals surface area contributed by atoms with E-state index in [0.717, 1.165) is 22.4 Å². The van der Waals surface area contributed by atoms with Crippen LogP contribution in [0.3, 0.4) is 0 Å². The van der Waals surface area contributed by atoms with E-state index in [0.29, 0.717) is 0 Å². The Morgan fingerprint density at radius 3 is 2.16 bits per heavy atom. The second kappa shape index (κ2) is 5.44. The Morgan fingerprint density at radius 2 is 1.63 bits per heavy atom. The maximum Gasteiger partial charge on any atom is 0.269 e. The summed E-state index contributed by atoms with van der Waals surface area (Å²) in [6, 6.07) is 12.4. The van der Waals surface area contributed by atoms with E-state index >= 15 is 0 Å². The maximum absolute atomic E-state index is 10.5. The molecule has 0 N–H and O–H groups in total. The summed E-state index contributed by atoms with van der Waals surface area (Å²) in [6.07, 6.45) is 1.71. The summed E-state index contributed by atoms with van der Waals surface area (Å²) in [4.78, 5) is 14.5. The van der Waals surface area contributed by atoms with Gasteiger partial charge in [0.25, 0.3) is 5.69 Å². The topological polar surface area (TPSA) is 55.5 Å². The molecule has 2 rings (SSSR count). The Hall–Kier alpha value is -2.49. The van der Waals surface area contributed by atoms with Crippen LogP contribution in [-0.2, 0) is 0 Å². The highest BCUT2D eigenvalue weighted by Crippen LogP contribution is 2.17. The highest BCUT2D eigenvalue weighted by molar-refractivity contribution is 5.82. The Balaban J connectivity index is 2.20. The fourth-order valence-electron chi connectivity index (χ4n) is 1.86. The van der Waals surface area contributed by atoms with Crippen molar-refractivity contribution in [1.82, 2.24) is 0 Å². The molecule has 0 aliphatic rings. The molecule has 2 aromatic carbocycles. The molecule has 0 amide bonds. The van der Waals surface area contributed by atoms with Crippen molar-refractivity contribution in [3.8, 4) is 0 Å². The molecule has 4 heteroatoms. The molecule has 0 fully saturated rings. The summed E-state index contributed by atoms with van der Waals surface area (Å²) >= 11 is 0. The normalized spacial score (nSPS) is 10.8. The third kappa shape index (κ3) is 3.48. The number of hydrogen-bond acceptors (Lipinski definition) is 3. The Labute approximate surface area is 111 Å². The van der Waals surface area contributed by atoms with E-state index in [1.165, 1.54) is 12.1 Å². The lowest BCUT2D eigenvalue weighted by atomic mass is 10.1. The summed E-state index contributed by atoms with van der Waals surface area (Å²) in [6.45, 7) is 4.05. The number of nitro benzene ring substituents is 1. The van der Waals surface area contributed by atoms with Crippen LogP contribution in [0.1, 0.15) is 16.7 Å². The molecule has 0 aliphatic carbocycles. The van der Waals surface area contributed by atoms with Crippen molar-refractivity contribution in [2.75, 3.05) is 0 Å². The lowest BCUT2D eigenvalue weighted by Gasteiger charge is -1.99. The van der Waals surface area contributed by atoms with Crippen LogP contribution in [0.15, 0.2) is 47.5 Å². The van der Waals surface area contributed by atoms with Gasteiger partial charge >= 0.3 is 0 Å². The molecule has 0 aliphatic heterocycles. The van der Waals surface area contributed by atoms with Crippen LogP contribution in [0.2, 0.25) is 0 Å². The van der Waals surface area contributed by atoms with E-state index in [9.17, 15) is 10.1 Å². The molecular weight excluding hydrogens is 240 g/mol. The Morgan fingerprint density at radius 1 is 1.05 bits per heavy atom. The highest BCUT2D eigenvalue weighted by Gasteiger charge is 2.02. The van der Waals surface area contributed by atoms with Crippen molar-refractivity contribution in [1.29, 1.82) is 0 Å². The molecule has 0 radical (unpaired) electrons. The maximum atomic E-state index is 10.5. The molecule has 19 heavy (non-hydrogen) atoms. The van der Waals surface area contributed by atoms with Crippen LogP contribution in [-0.4, -0.2) is 11.1 Å². The molecule has 0 aromatic heterocycles. The van der Waals surface area contributed by atoms with Gasteiger partial charge in [0.05, 0.1) is 10.6 Å². The van der Waals surface area contributed by atoms with Crippen LogP contribution in [0.4, 0.5) is 11.4 Å². The predicted octanol–water partition coefficient (Wildman–Crippen LogP) is 3.96. The van der Waals surface area contributed by atoms with Gasteiger partial charge in [-0.25, -0.2) is 0 Å². The van der Waals surface area contributed by atoms with Gasteiger partial charge in [-0.3, -0.25) is 15.1 Å². The van der Waals surface area contributed by atoms with E-state index in [1.807, 2.05) is 26.0 Å². The molecule has 0 bridgehead atoms. The number of aliphatic imine (C=N–C) groups is 1. The quantitative estimate of drug-likeness (QED) is 0.473. The van der Waals surface area contributed by atoms with E-state index < -0.39 is 4.92 Å². The van der Waals surface area contributed by atoms with Crippen molar-refractivity contribution in [2.24, 2.45) is 4.99 Å². The van der Waals surface area contributed by atoms with Crippen molar-refractivity contribution >= 4 is 17.6 Å². The van der Waals surface area contributed by atoms with Crippen LogP contribution in [0, 0.1) is 24.0 Å². The van der Waals surface area contributed by atoms with E-state index in [-0.39, 0.29) is 5.69 Å². The Kier molecular flexibility index (Phi) is 3.71. The lowest BCUT2D eigenvalue weighted by molar-refractivity contribution is -0.384. The van der Waals surface area contributed by atoms with Crippen molar-refractivity contribution in [3.05, 3.63) is 69.3 Å². The average molecular weight is 254 g/mol. The molecule has 0 heterocycles.